The van der Waals surface area contributed by atoms with Gasteiger partial charge in [0.25, 0.3) is 0 Å². The first-order valence-corrected chi connectivity index (χ1v) is 19.6. The fourth-order valence-electron chi connectivity index (χ4n) is 7.95. The molecule has 0 saturated heterocycles. The summed E-state index contributed by atoms with van der Waals surface area (Å²) in [6.45, 7) is 0. The van der Waals surface area contributed by atoms with Gasteiger partial charge >= 0.3 is 0 Å². The molecule has 56 heavy (non-hydrogen) atoms. The number of thiophene rings is 1. The fraction of sp³-hybridized carbons (Fsp3) is 0. The lowest BCUT2D eigenvalue weighted by Crippen LogP contribution is -1.96. The molecule has 262 valence electrons. The number of aromatic nitrogens is 4. The fourth-order valence-corrected chi connectivity index (χ4v) is 9.04. The third kappa shape index (κ3) is 5.48. The van der Waals surface area contributed by atoms with Crippen molar-refractivity contribution in [2.24, 2.45) is 0 Å². The van der Waals surface area contributed by atoms with Crippen LogP contribution >= 0.6 is 11.3 Å². The van der Waals surface area contributed by atoms with Gasteiger partial charge in [-0.15, -0.1) is 11.3 Å². The molecule has 0 spiro atoms. The van der Waals surface area contributed by atoms with Gasteiger partial charge < -0.3 is 0 Å². The SMILES string of the molecule is c1ccc(-c2cc(-c3ccc4sc5ccccc5c4c3)nc(-c3cccc(-c4c(-c5ccccc5)nn5c(-c6ccccc6)cc6ccccc6c45)c3)n2)cc1. The molecule has 4 heterocycles. The van der Waals surface area contributed by atoms with Crippen LogP contribution in [0.15, 0.2) is 194 Å². The maximum absolute atomic E-state index is 5.42. The average molecular weight is 733 g/mol. The lowest BCUT2D eigenvalue weighted by atomic mass is 9.95. The van der Waals surface area contributed by atoms with E-state index in [1.807, 2.05) is 17.4 Å². The monoisotopic (exact) mass is 732 g/mol. The summed E-state index contributed by atoms with van der Waals surface area (Å²) in [4.78, 5) is 10.6. The standard InChI is InChI=1S/C51H32N4S/c1-4-15-33(16-5-1)43-32-44(37-27-28-47-42(30-37)41-25-12-13-26-46(41)56-47)53-51(52-43)39-23-14-22-38(29-39)48-49(35-19-8-3-9-20-35)54-55-45(34-17-6-2-7-18-34)31-36-21-10-11-24-40(36)50(48)55/h1-32H. The van der Waals surface area contributed by atoms with Crippen LogP contribution in [0.1, 0.15) is 0 Å². The Morgan fingerprint density at radius 3 is 1.79 bits per heavy atom. The molecule has 0 amide bonds. The molecule has 0 atom stereocenters. The number of rotatable bonds is 6. The molecule has 0 fully saturated rings. The third-order valence-corrected chi connectivity index (χ3v) is 11.8. The van der Waals surface area contributed by atoms with Crippen molar-refractivity contribution in [1.82, 2.24) is 19.6 Å². The molecule has 11 rings (SSSR count). The number of benzene rings is 7. The molecular formula is C51H32N4S. The van der Waals surface area contributed by atoms with Crippen LogP contribution in [0.4, 0.5) is 0 Å². The van der Waals surface area contributed by atoms with Crippen LogP contribution in [-0.2, 0) is 0 Å². The minimum atomic E-state index is 0.672. The number of fused-ring (bicyclic) bond motifs is 6. The summed E-state index contributed by atoms with van der Waals surface area (Å²) in [5.74, 6) is 0.672. The summed E-state index contributed by atoms with van der Waals surface area (Å²) in [6.07, 6.45) is 0. The Morgan fingerprint density at radius 1 is 0.393 bits per heavy atom. The Labute approximate surface area is 327 Å². The van der Waals surface area contributed by atoms with Crippen LogP contribution in [0.3, 0.4) is 0 Å². The maximum Gasteiger partial charge on any atom is 0.160 e. The summed E-state index contributed by atoms with van der Waals surface area (Å²) < 4.78 is 4.69. The molecule has 0 aliphatic heterocycles. The van der Waals surface area contributed by atoms with Crippen LogP contribution in [0.2, 0.25) is 0 Å². The van der Waals surface area contributed by atoms with Gasteiger partial charge in [-0.25, -0.2) is 14.5 Å². The van der Waals surface area contributed by atoms with E-state index in [9.17, 15) is 0 Å². The molecule has 11 aromatic rings. The van der Waals surface area contributed by atoms with Crippen molar-refractivity contribution in [1.29, 1.82) is 0 Å². The highest BCUT2D eigenvalue weighted by atomic mass is 32.1. The molecule has 0 unspecified atom stereocenters. The Bertz CT molecular complexity index is 3240. The molecule has 4 aromatic heterocycles. The first-order chi connectivity index (χ1) is 27.7. The van der Waals surface area contributed by atoms with E-state index in [-0.39, 0.29) is 0 Å². The van der Waals surface area contributed by atoms with E-state index in [1.54, 1.807) is 0 Å². The van der Waals surface area contributed by atoms with Gasteiger partial charge in [0.1, 0.15) is 5.69 Å². The van der Waals surface area contributed by atoms with Crippen LogP contribution < -0.4 is 0 Å². The van der Waals surface area contributed by atoms with Gasteiger partial charge in [-0.1, -0.05) is 158 Å². The van der Waals surface area contributed by atoms with Crippen LogP contribution in [0.25, 0.3) is 104 Å². The molecule has 7 aromatic carbocycles. The molecule has 5 heteroatoms. The average Bonchev–Trinajstić information content (AvgIpc) is 3.86. The predicted octanol–water partition coefficient (Wildman–Crippen LogP) is 13.6. The summed E-state index contributed by atoms with van der Waals surface area (Å²) in [5, 5.41) is 10.2. The highest BCUT2D eigenvalue weighted by molar-refractivity contribution is 7.25. The number of pyridine rings is 1. The van der Waals surface area contributed by atoms with E-state index < -0.39 is 0 Å². The zero-order valence-electron chi connectivity index (χ0n) is 30.2. The summed E-state index contributed by atoms with van der Waals surface area (Å²) in [7, 11) is 0. The van der Waals surface area contributed by atoms with Crippen LogP contribution in [0.5, 0.6) is 0 Å². The molecule has 0 aliphatic carbocycles. The zero-order chi connectivity index (χ0) is 37.0. The Morgan fingerprint density at radius 2 is 1.00 bits per heavy atom. The van der Waals surface area contributed by atoms with Gasteiger partial charge in [-0.2, -0.15) is 5.10 Å². The Kier molecular flexibility index (Phi) is 7.64. The van der Waals surface area contributed by atoms with Gasteiger partial charge in [0.15, 0.2) is 5.82 Å². The largest absolute Gasteiger partial charge is 0.231 e. The van der Waals surface area contributed by atoms with Gasteiger partial charge in [0.2, 0.25) is 0 Å². The lowest BCUT2D eigenvalue weighted by Gasteiger charge is -2.12. The lowest BCUT2D eigenvalue weighted by molar-refractivity contribution is 0.979. The van der Waals surface area contributed by atoms with Crippen molar-refractivity contribution in [2.45, 2.75) is 0 Å². The van der Waals surface area contributed by atoms with E-state index >= 15 is 0 Å². The summed E-state index contributed by atoms with van der Waals surface area (Å²) in [5.41, 5.74) is 12.1. The number of hydrogen-bond acceptors (Lipinski definition) is 4. The van der Waals surface area contributed by atoms with E-state index in [1.165, 1.54) is 20.2 Å². The van der Waals surface area contributed by atoms with Gasteiger partial charge in [0, 0.05) is 58.9 Å². The van der Waals surface area contributed by atoms with Crippen molar-refractivity contribution < 1.29 is 0 Å². The third-order valence-electron chi connectivity index (χ3n) is 10.6. The summed E-state index contributed by atoms with van der Waals surface area (Å²) in [6, 6.07) is 68.4. The number of hydrogen-bond donors (Lipinski definition) is 0. The predicted molar refractivity (Wildman–Crippen MR) is 234 cm³/mol. The Balaban J connectivity index is 1.15. The smallest absolute Gasteiger partial charge is 0.160 e. The maximum atomic E-state index is 5.42. The van der Waals surface area contributed by atoms with Crippen molar-refractivity contribution in [3.05, 3.63) is 194 Å². The second kappa shape index (κ2) is 13.3. The second-order valence-electron chi connectivity index (χ2n) is 14.1. The first kappa shape index (κ1) is 32.2. The van der Waals surface area contributed by atoms with E-state index in [2.05, 4.69) is 193 Å². The summed E-state index contributed by atoms with van der Waals surface area (Å²) >= 11 is 1.83. The highest BCUT2D eigenvalue weighted by Crippen LogP contribution is 2.42. The van der Waals surface area contributed by atoms with Crippen LogP contribution in [-0.4, -0.2) is 19.6 Å². The van der Waals surface area contributed by atoms with Gasteiger partial charge in [0.05, 0.1) is 22.6 Å². The van der Waals surface area contributed by atoms with Gasteiger partial charge in [-0.05, 0) is 47.3 Å². The van der Waals surface area contributed by atoms with E-state index in [0.29, 0.717) is 5.82 Å². The quantitative estimate of drug-likeness (QED) is 0.171. The molecule has 0 bridgehead atoms. The molecule has 0 radical (unpaired) electrons. The van der Waals surface area contributed by atoms with Crippen molar-refractivity contribution in [2.75, 3.05) is 0 Å². The molecular weight excluding hydrogens is 701 g/mol. The Hall–Kier alpha value is -7.21. The highest BCUT2D eigenvalue weighted by Gasteiger charge is 2.22. The van der Waals surface area contributed by atoms with Crippen molar-refractivity contribution in [3.63, 3.8) is 0 Å². The molecule has 4 nitrogen and oxygen atoms in total. The van der Waals surface area contributed by atoms with Crippen molar-refractivity contribution >= 4 is 47.8 Å². The second-order valence-corrected chi connectivity index (χ2v) is 15.1. The first-order valence-electron chi connectivity index (χ1n) is 18.8. The van der Waals surface area contributed by atoms with E-state index in [0.717, 1.165) is 78.0 Å². The normalized spacial score (nSPS) is 11.6. The molecule has 0 N–H and O–H groups in total. The number of nitrogens with zero attached hydrogens (tertiary/aromatic N) is 4. The van der Waals surface area contributed by atoms with Crippen molar-refractivity contribution in [3.8, 4) is 67.5 Å². The molecule has 0 saturated carbocycles. The molecule has 0 aliphatic rings. The zero-order valence-corrected chi connectivity index (χ0v) is 31.0. The van der Waals surface area contributed by atoms with Crippen LogP contribution in [0, 0.1) is 0 Å². The minimum Gasteiger partial charge on any atom is -0.231 e. The topological polar surface area (TPSA) is 43.1 Å². The van der Waals surface area contributed by atoms with Gasteiger partial charge in [-0.3, -0.25) is 0 Å². The van der Waals surface area contributed by atoms with E-state index in [4.69, 9.17) is 15.1 Å². The minimum absolute atomic E-state index is 0.672.